The van der Waals surface area contributed by atoms with Crippen LogP contribution in [0.15, 0.2) is 42.7 Å². The lowest BCUT2D eigenvalue weighted by Gasteiger charge is -2.41. The molecule has 5 nitrogen and oxygen atoms in total. The average molecular weight is 299 g/mol. The SMILES string of the molecule is CCOc1cc(N2CCOC(C)(c3ccccc3)C2)ncn1. The first kappa shape index (κ1) is 14.8. The molecule has 1 unspecified atom stereocenters. The molecule has 5 heteroatoms. The second-order valence-electron chi connectivity index (χ2n) is 5.51. The Balaban J connectivity index is 1.82. The van der Waals surface area contributed by atoms with Gasteiger partial charge in [-0.05, 0) is 19.4 Å². The number of benzene rings is 1. The molecule has 2 aromatic rings. The van der Waals surface area contributed by atoms with Gasteiger partial charge in [0, 0.05) is 12.6 Å². The smallest absolute Gasteiger partial charge is 0.218 e. The molecule has 1 aromatic carbocycles. The molecule has 3 rings (SSSR count). The summed E-state index contributed by atoms with van der Waals surface area (Å²) in [6.07, 6.45) is 1.55. The van der Waals surface area contributed by atoms with Crippen molar-refractivity contribution in [2.75, 3.05) is 31.2 Å². The summed E-state index contributed by atoms with van der Waals surface area (Å²) in [5, 5.41) is 0. The molecule has 0 spiro atoms. The Kier molecular flexibility index (Phi) is 4.24. The summed E-state index contributed by atoms with van der Waals surface area (Å²) in [6.45, 7) is 6.90. The molecule has 0 aliphatic carbocycles. The van der Waals surface area contributed by atoms with E-state index in [-0.39, 0.29) is 5.60 Å². The monoisotopic (exact) mass is 299 g/mol. The molecule has 0 amide bonds. The van der Waals surface area contributed by atoms with E-state index >= 15 is 0 Å². The number of aromatic nitrogens is 2. The van der Waals surface area contributed by atoms with Crippen LogP contribution >= 0.6 is 0 Å². The molecule has 1 fully saturated rings. The summed E-state index contributed by atoms with van der Waals surface area (Å²) in [5.74, 6) is 1.49. The number of rotatable bonds is 4. The number of ether oxygens (including phenoxy) is 2. The fourth-order valence-electron chi connectivity index (χ4n) is 2.76. The zero-order valence-corrected chi connectivity index (χ0v) is 13.0. The summed E-state index contributed by atoms with van der Waals surface area (Å²) in [5.41, 5.74) is 0.842. The third-order valence-electron chi connectivity index (χ3n) is 3.90. The van der Waals surface area contributed by atoms with Gasteiger partial charge < -0.3 is 14.4 Å². The lowest BCUT2D eigenvalue weighted by atomic mass is 9.94. The molecule has 1 aromatic heterocycles. The second-order valence-corrected chi connectivity index (χ2v) is 5.51. The predicted octanol–water partition coefficient (Wildman–Crippen LogP) is 2.63. The van der Waals surface area contributed by atoms with E-state index in [0.29, 0.717) is 19.1 Å². The fourth-order valence-corrected chi connectivity index (χ4v) is 2.76. The third-order valence-corrected chi connectivity index (χ3v) is 3.90. The Morgan fingerprint density at radius 1 is 1.27 bits per heavy atom. The van der Waals surface area contributed by atoms with Gasteiger partial charge in [0.05, 0.1) is 19.8 Å². The zero-order valence-electron chi connectivity index (χ0n) is 13.0. The van der Waals surface area contributed by atoms with Crippen molar-refractivity contribution in [3.05, 3.63) is 48.3 Å². The molecule has 1 aliphatic heterocycles. The van der Waals surface area contributed by atoms with Gasteiger partial charge in [-0.3, -0.25) is 0 Å². The van der Waals surface area contributed by atoms with E-state index in [1.807, 2.05) is 31.2 Å². The van der Waals surface area contributed by atoms with Crippen LogP contribution in [0.2, 0.25) is 0 Å². The van der Waals surface area contributed by atoms with Gasteiger partial charge in [-0.25, -0.2) is 9.97 Å². The van der Waals surface area contributed by atoms with E-state index in [4.69, 9.17) is 9.47 Å². The lowest BCUT2D eigenvalue weighted by Crippen LogP contribution is -2.48. The molecule has 0 N–H and O–H groups in total. The summed E-state index contributed by atoms with van der Waals surface area (Å²) >= 11 is 0. The molecule has 0 radical (unpaired) electrons. The predicted molar refractivity (Wildman–Crippen MR) is 85.2 cm³/mol. The van der Waals surface area contributed by atoms with Gasteiger partial charge in [-0.15, -0.1) is 0 Å². The van der Waals surface area contributed by atoms with Gasteiger partial charge in [-0.2, -0.15) is 0 Å². The minimum absolute atomic E-state index is 0.337. The molecule has 0 bridgehead atoms. The first-order chi connectivity index (χ1) is 10.7. The van der Waals surface area contributed by atoms with Crippen molar-refractivity contribution in [3.8, 4) is 5.88 Å². The summed E-state index contributed by atoms with van der Waals surface area (Å²) in [4.78, 5) is 10.7. The molecule has 0 saturated carbocycles. The highest BCUT2D eigenvalue weighted by molar-refractivity contribution is 5.42. The van der Waals surface area contributed by atoms with Gasteiger partial charge in [-0.1, -0.05) is 30.3 Å². The maximum atomic E-state index is 6.06. The Morgan fingerprint density at radius 2 is 2.09 bits per heavy atom. The van der Waals surface area contributed by atoms with Crippen molar-refractivity contribution in [1.29, 1.82) is 0 Å². The lowest BCUT2D eigenvalue weighted by molar-refractivity contribution is -0.0468. The Labute approximate surface area is 130 Å². The van der Waals surface area contributed by atoms with Crippen LogP contribution in [0, 0.1) is 0 Å². The maximum absolute atomic E-state index is 6.06. The van der Waals surface area contributed by atoms with Crippen molar-refractivity contribution in [2.24, 2.45) is 0 Å². The van der Waals surface area contributed by atoms with Gasteiger partial charge in [0.25, 0.3) is 0 Å². The van der Waals surface area contributed by atoms with Crippen LogP contribution in [0.4, 0.5) is 5.82 Å². The van der Waals surface area contributed by atoms with E-state index < -0.39 is 0 Å². The van der Waals surface area contributed by atoms with Crippen LogP contribution < -0.4 is 9.64 Å². The van der Waals surface area contributed by atoms with Crippen LogP contribution in [0.1, 0.15) is 19.4 Å². The molecule has 1 aliphatic rings. The highest BCUT2D eigenvalue weighted by Gasteiger charge is 2.34. The molecule has 1 atom stereocenters. The molecular formula is C17H21N3O2. The van der Waals surface area contributed by atoms with E-state index in [0.717, 1.165) is 18.9 Å². The van der Waals surface area contributed by atoms with Crippen molar-refractivity contribution >= 4 is 5.82 Å². The molecular weight excluding hydrogens is 278 g/mol. The summed E-state index contributed by atoms with van der Waals surface area (Å²) < 4.78 is 11.5. The minimum Gasteiger partial charge on any atom is -0.478 e. The van der Waals surface area contributed by atoms with Crippen molar-refractivity contribution in [2.45, 2.75) is 19.4 Å². The molecule has 116 valence electrons. The summed E-state index contributed by atoms with van der Waals surface area (Å²) in [7, 11) is 0. The normalized spacial score (nSPS) is 21.6. The van der Waals surface area contributed by atoms with Crippen LogP contribution in [0.5, 0.6) is 5.88 Å². The average Bonchev–Trinajstić information content (AvgIpc) is 2.56. The van der Waals surface area contributed by atoms with E-state index in [1.165, 1.54) is 5.56 Å². The molecule has 2 heterocycles. The standard InChI is InChI=1S/C17H21N3O2/c1-3-21-16-11-15(18-13-19-16)20-9-10-22-17(2,12-20)14-7-5-4-6-8-14/h4-8,11,13H,3,9-10,12H2,1-2H3. The van der Waals surface area contributed by atoms with Crippen LogP contribution in [0.25, 0.3) is 0 Å². The number of hydrogen-bond donors (Lipinski definition) is 0. The van der Waals surface area contributed by atoms with E-state index in [2.05, 4.69) is 33.9 Å². The van der Waals surface area contributed by atoms with E-state index in [9.17, 15) is 0 Å². The summed E-state index contributed by atoms with van der Waals surface area (Å²) in [6, 6.07) is 12.2. The van der Waals surface area contributed by atoms with Crippen LogP contribution in [-0.2, 0) is 10.3 Å². The number of anilines is 1. The second kappa shape index (κ2) is 6.32. The van der Waals surface area contributed by atoms with Crippen LogP contribution in [-0.4, -0.2) is 36.3 Å². The highest BCUT2D eigenvalue weighted by Crippen LogP contribution is 2.31. The van der Waals surface area contributed by atoms with Crippen molar-refractivity contribution in [3.63, 3.8) is 0 Å². The number of morpholine rings is 1. The third kappa shape index (κ3) is 3.04. The Morgan fingerprint density at radius 3 is 2.86 bits per heavy atom. The first-order valence-electron chi connectivity index (χ1n) is 7.60. The fraction of sp³-hybridized carbons (Fsp3) is 0.412. The van der Waals surface area contributed by atoms with Gasteiger partial charge in [0.15, 0.2) is 0 Å². The van der Waals surface area contributed by atoms with Crippen molar-refractivity contribution < 1.29 is 9.47 Å². The largest absolute Gasteiger partial charge is 0.478 e. The van der Waals surface area contributed by atoms with Crippen molar-refractivity contribution in [1.82, 2.24) is 9.97 Å². The molecule has 22 heavy (non-hydrogen) atoms. The topological polar surface area (TPSA) is 47.5 Å². The van der Waals surface area contributed by atoms with Crippen LogP contribution in [0.3, 0.4) is 0 Å². The number of hydrogen-bond acceptors (Lipinski definition) is 5. The zero-order chi connectivity index (χ0) is 15.4. The highest BCUT2D eigenvalue weighted by atomic mass is 16.5. The first-order valence-corrected chi connectivity index (χ1v) is 7.60. The van der Waals surface area contributed by atoms with E-state index in [1.54, 1.807) is 6.33 Å². The van der Waals surface area contributed by atoms with Gasteiger partial charge >= 0.3 is 0 Å². The quantitative estimate of drug-likeness (QED) is 0.868. The Hall–Kier alpha value is -2.14. The maximum Gasteiger partial charge on any atom is 0.218 e. The minimum atomic E-state index is -0.337. The van der Waals surface area contributed by atoms with Gasteiger partial charge in [0.2, 0.25) is 5.88 Å². The number of nitrogens with zero attached hydrogens (tertiary/aromatic N) is 3. The Bertz CT molecular complexity index is 620. The van der Waals surface area contributed by atoms with Gasteiger partial charge in [0.1, 0.15) is 17.7 Å². The molecule has 1 saturated heterocycles.